The maximum atomic E-state index is 14.7. The minimum Gasteiger partial charge on any atom is -0.381 e. The van der Waals surface area contributed by atoms with Gasteiger partial charge in [-0.1, -0.05) is 0 Å². The van der Waals surface area contributed by atoms with Crippen LogP contribution in [0.5, 0.6) is 0 Å². The monoisotopic (exact) mass is 485 g/mol. The number of nitrogens with zero attached hydrogens (tertiary/aromatic N) is 4. The molecule has 1 aliphatic heterocycles. The third-order valence-electron chi connectivity index (χ3n) is 6.94. The van der Waals surface area contributed by atoms with Gasteiger partial charge in [0.15, 0.2) is 5.65 Å². The predicted octanol–water partition coefficient (Wildman–Crippen LogP) is 3.96. The minimum atomic E-state index is -0.702. The van der Waals surface area contributed by atoms with Crippen molar-refractivity contribution in [3.05, 3.63) is 35.5 Å². The number of carbonyl (C=O) groups is 1. The van der Waals surface area contributed by atoms with Gasteiger partial charge < -0.3 is 21.1 Å². The second-order valence-electron chi connectivity index (χ2n) is 9.35. The molecule has 1 aromatic carbocycles. The average Bonchev–Trinajstić information content (AvgIpc) is 3.19. The highest BCUT2D eigenvalue weighted by molar-refractivity contribution is 5.78. The maximum absolute atomic E-state index is 14.7. The summed E-state index contributed by atoms with van der Waals surface area (Å²) >= 11 is 0. The van der Waals surface area contributed by atoms with Gasteiger partial charge in [-0.25, -0.2) is 18.7 Å². The number of fused-ring (bicyclic) bond motifs is 1. The highest BCUT2D eigenvalue weighted by atomic mass is 19.1. The number of aromatic nitrogens is 4. The molecule has 0 bridgehead atoms. The molecule has 0 atom stereocenters. The summed E-state index contributed by atoms with van der Waals surface area (Å²) in [5, 5.41) is 6.45. The summed E-state index contributed by atoms with van der Waals surface area (Å²) in [6.45, 7) is 3.02. The SMILES string of the molecule is Cc1cc(F)cc(F)c1Nc1nc2cnc(NC3CCOCC3)nc2n1C1CCC(C(N)=O)CC1. The predicted molar refractivity (Wildman–Crippen MR) is 127 cm³/mol. The first kappa shape index (κ1) is 23.4. The number of anilines is 3. The molecule has 2 fully saturated rings. The van der Waals surface area contributed by atoms with E-state index in [1.807, 2.05) is 4.57 Å². The number of amides is 1. The molecule has 2 aromatic heterocycles. The number of imidazole rings is 1. The maximum Gasteiger partial charge on any atom is 0.224 e. The second kappa shape index (κ2) is 9.73. The highest BCUT2D eigenvalue weighted by Gasteiger charge is 2.29. The third kappa shape index (κ3) is 4.90. The Balaban J connectivity index is 1.52. The number of hydrogen-bond donors (Lipinski definition) is 3. The molecule has 1 amide bonds. The van der Waals surface area contributed by atoms with Crippen molar-refractivity contribution >= 4 is 34.7 Å². The van der Waals surface area contributed by atoms with E-state index >= 15 is 0 Å². The van der Waals surface area contributed by atoms with E-state index in [0.29, 0.717) is 67.5 Å². The van der Waals surface area contributed by atoms with Gasteiger partial charge in [-0.2, -0.15) is 4.98 Å². The molecule has 9 nitrogen and oxygen atoms in total. The Bertz CT molecular complexity index is 1210. The van der Waals surface area contributed by atoms with Gasteiger partial charge in [-0.15, -0.1) is 0 Å². The molecule has 3 aromatic rings. The molecule has 1 saturated carbocycles. The summed E-state index contributed by atoms with van der Waals surface area (Å²) in [5.41, 5.74) is 7.27. The molecule has 0 unspecified atom stereocenters. The Kier molecular flexibility index (Phi) is 6.50. The fourth-order valence-corrected chi connectivity index (χ4v) is 5.01. The summed E-state index contributed by atoms with van der Waals surface area (Å²) in [6, 6.07) is 2.31. The van der Waals surface area contributed by atoms with Gasteiger partial charge in [0.05, 0.1) is 11.9 Å². The van der Waals surface area contributed by atoms with Crippen LogP contribution in [0.15, 0.2) is 18.3 Å². The number of rotatable bonds is 6. The molecule has 186 valence electrons. The molecule has 35 heavy (non-hydrogen) atoms. The van der Waals surface area contributed by atoms with Crippen molar-refractivity contribution in [2.75, 3.05) is 23.8 Å². The van der Waals surface area contributed by atoms with E-state index in [4.69, 9.17) is 15.5 Å². The van der Waals surface area contributed by atoms with Crippen LogP contribution in [0, 0.1) is 24.5 Å². The smallest absolute Gasteiger partial charge is 0.224 e. The fraction of sp³-hybridized carbons (Fsp3) is 0.500. The van der Waals surface area contributed by atoms with Gasteiger partial charge in [0.25, 0.3) is 0 Å². The van der Waals surface area contributed by atoms with Gasteiger partial charge >= 0.3 is 0 Å². The first-order chi connectivity index (χ1) is 16.9. The molecule has 0 radical (unpaired) electrons. The number of primary amides is 1. The Labute approximate surface area is 201 Å². The van der Waals surface area contributed by atoms with E-state index in [1.54, 1.807) is 13.1 Å². The average molecular weight is 486 g/mol. The van der Waals surface area contributed by atoms with Crippen molar-refractivity contribution in [3.8, 4) is 0 Å². The van der Waals surface area contributed by atoms with Crippen molar-refractivity contribution in [1.29, 1.82) is 0 Å². The Hall–Kier alpha value is -3.34. The largest absolute Gasteiger partial charge is 0.381 e. The summed E-state index contributed by atoms with van der Waals surface area (Å²) in [4.78, 5) is 25.6. The molecular formula is C24H29F2N7O2. The van der Waals surface area contributed by atoms with Crippen molar-refractivity contribution in [3.63, 3.8) is 0 Å². The van der Waals surface area contributed by atoms with Gasteiger partial charge in [0.1, 0.15) is 17.2 Å². The van der Waals surface area contributed by atoms with Crippen molar-refractivity contribution < 1.29 is 18.3 Å². The van der Waals surface area contributed by atoms with E-state index in [-0.39, 0.29) is 29.6 Å². The molecule has 11 heteroatoms. The lowest BCUT2D eigenvalue weighted by atomic mass is 9.85. The van der Waals surface area contributed by atoms with E-state index in [9.17, 15) is 13.6 Å². The Morgan fingerprint density at radius 1 is 1.11 bits per heavy atom. The number of nitrogens with one attached hydrogen (secondary N) is 2. The van der Waals surface area contributed by atoms with Crippen LogP contribution < -0.4 is 16.4 Å². The number of ether oxygens (including phenoxy) is 1. The zero-order valence-corrected chi connectivity index (χ0v) is 19.6. The van der Waals surface area contributed by atoms with Crippen molar-refractivity contribution in [1.82, 2.24) is 19.5 Å². The first-order valence-corrected chi connectivity index (χ1v) is 12.0. The number of halogens is 2. The highest BCUT2D eigenvalue weighted by Crippen LogP contribution is 2.37. The van der Waals surface area contributed by atoms with Crippen LogP contribution in [0.1, 0.15) is 50.1 Å². The second-order valence-corrected chi connectivity index (χ2v) is 9.35. The van der Waals surface area contributed by atoms with Crippen LogP contribution in [0.2, 0.25) is 0 Å². The molecule has 1 saturated heterocycles. The molecule has 4 N–H and O–H groups in total. The van der Waals surface area contributed by atoms with E-state index in [1.165, 1.54) is 6.07 Å². The topological polar surface area (TPSA) is 120 Å². The molecule has 2 aliphatic rings. The number of carbonyl (C=O) groups excluding carboxylic acids is 1. The quantitative estimate of drug-likeness (QED) is 0.483. The van der Waals surface area contributed by atoms with Crippen LogP contribution in [-0.2, 0) is 9.53 Å². The van der Waals surface area contributed by atoms with Crippen molar-refractivity contribution in [2.45, 2.75) is 57.5 Å². The lowest BCUT2D eigenvalue weighted by Gasteiger charge is -2.29. The lowest BCUT2D eigenvalue weighted by molar-refractivity contribution is -0.122. The third-order valence-corrected chi connectivity index (χ3v) is 6.94. The normalized spacial score (nSPS) is 21.2. The van der Waals surface area contributed by atoms with Crippen molar-refractivity contribution in [2.24, 2.45) is 11.7 Å². The van der Waals surface area contributed by atoms with E-state index < -0.39 is 11.6 Å². The number of benzene rings is 1. The van der Waals surface area contributed by atoms with Gasteiger partial charge in [0.2, 0.25) is 17.8 Å². The molecule has 3 heterocycles. The molecule has 0 spiro atoms. The van der Waals surface area contributed by atoms with Gasteiger partial charge in [0, 0.05) is 37.3 Å². The minimum absolute atomic E-state index is 0.0206. The first-order valence-electron chi connectivity index (χ1n) is 12.0. The van der Waals surface area contributed by atoms with Crippen LogP contribution in [0.3, 0.4) is 0 Å². The van der Waals surface area contributed by atoms with E-state index in [2.05, 4.69) is 20.6 Å². The summed E-state index contributed by atoms with van der Waals surface area (Å²) < 4.78 is 35.7. The molecular weight excluding hydrogens is 456 g/mol. The van der Waals surface area contributed by atoms with Gasteiger partial charge in [-0.05, 0) is 57.1 Å². The Morgan fingerprint density at radius 2 is 1.86 bits per heavy atom. The summed E-state index contributed by atoms with van der Waals surface area (Å²) in [7, 11) is 0. The molecule has 5 rings (SSSR count). The zero-order chi connectivity index (χ0) is 24.5. The Morgan fingerprint density at radius 3 is 2.54 bits per heavy atom. The lowest BCUT2D eigenvalue weighted by Crippen LogP contribution is -2.29. The zero-order valence-electron chi connectivity index (χ0n) is 19.6. The standard InChI is InChI=1S/C24H29F2N7O2/c1-13-10-15(25)11-18(26)20(13)31-24-30-19-12-28-23(29-16-6-8-35-9-7-16)32-22(19)33(24)17-4-2-14(3-5-17)21(27)34/h10-12,14,16-17H,2-9H2,1H3,(H2,27,34)(H,30,31)(H,28,29,32). The number of aryl methyl sites for hydroxylation is 1. The van der Waals surface area contributed by atoms with Crippen LogP contribution in [0.25, 0.3) is 11.2 Å². The van der Waals surface area contributed by atoms with Crippen LogP contribution in [0.4, 0.5) is 26.4 Å². The van der Waals surface area contributed by atoms with Crippen LogP contribution in [-0.4, -0.2) is 44.7 Å². The van der Waals surface area contributed by atoms with Gasteiger partial charge in [-0.3, -0.25) is 9.36 Å². The fourth-order valence-electron chi connectivity index (χ4n) is 5.01. The number of nitrogens with two attached hydrogens (primary N) is 1. The number of hydrogen-bond acceptors (Lipinski definition) is 7. The summed E-state index contributed by atoms with van der Waals surface area (Å²) in [5.74, 6) is -0.896. The van der Waals surface area contributed by atoms with E-state index in [0.717, 1.165) is 18.9 Å². The molecule has 1 aliphatic carbocycles. The van der Waals surface area contributed by atoms with Crippen LogP contribution >= 0.6 is 0 Å². The summed E-state index contributed by atoms with van der Waals surface area (Å²) in [6.07, 6.45) is 6.09.